The van der Waals surface area contributed by atoms with E-state index in [0.717, 1.165) is 17.8 Å². The summed E-state index contributed by atoms with van der Waals surface area (Å²) in [5.41, 5.74) is 1.47. The van der Waals surface area contributed by atoms with Crippen molar-refractivity contribution < 1.29 is 62.8 Å². The molecule has 0 N–H and O–H groups in total. The first-order valence-electron chi connectivity index (χ1n) is 7.83. The molecular formula is C17H8F11NO2. The van der Waals surface area contributed by atoms with Gasteiger partial charge in [-0.15, -0.1) is 0 Å². The fourth-order valence-corrected chi connectivity index (χ4v) is 2.52. The lowest BCUT2D eigenvalue weighted by Crippen LogP contribution is -2.60. The van der Waals surface area contributed by atoms with Gasteiger partial charge in [0.1, 0.15) is 17.3 Å². The highest BCUT2D eigenvalue weighted by atomic mass is 19.4. The quantitative estimate of drug-likeness (QED) is 0.426. The zero-order valence-corrected chi connectivity index (χ0v) is 14.6. The summed E-state index contributed by atoms with van der Waals surface area (Å²) in [6.45, 7) is 0.270. The summed E-state index contributed by atoms with van der Waals surface area (Å²) in [4.78, 5) is 9.27. The Balaban J connectivity index is 0.000000235. The van der Waals surface area contributed by atoms with Crippen LogP contribution in [0.2, 0.25) is 0 Å². The maximum absolute atomic E-state index is 13.1. The second-order valence-electron chi connectivity index (χ2n) is 6.16. The molecule has 0 spiro atoms. The van der Waals surface area contributed by atoms with Crippen LogP contribution in [0, 0.1) is 5.82 Å². The van der Waals surface area contributed by atoms with Gasteiger partial charge < -0.3 is 9.90 Å². The second-order valence-corrected chi connectivity index (χ2v) is 6.16. The number of aromatic nitrogens is 1. The van der Waals surface area contributed by atoms with Crippen LogP contribution in [0.4, 0.5) is 48.3 Å². The van der Waals surface area contributed by atoms with E-state index in [0.29, 0.717) is 11.3 Å². The van der Waals surface area contributed by atoms with Gasteiger partial charge >= 0.3 is 24.2 Å². The maximum atomic E-state index is 13.1. The summed E-state index contributed by atoms with van der Waals surface area (Å²) < 4.78 is 132. The Morgan fingerprint density at radius 1 is 0.903 bits per heavy atom. The van der Waals surface area contributed by atoms with Gasteiger partial charge in [0.05, 0.1) is 5.56 Å². The molecule has 3 nitrogen and oxygen atoms in total. The molecule has 1 aliphatic heterocycles. The van der Waals surface area contributed by atoms with Crippen molar-refractivity contribution in [3.05, 3.63) is 53.5 Å². The smallest absolute Gasteiger partial charge is 0.460 e. The number of rotatable bonds is 2. The SMILES string of the molecule is Fc1ccc2c(c1)C[n+]1cc(C(F)(F)F)ccc1-2.O=C([O-])C(F)(F)C(F)(F)C(F)(F)F. The Kier molecular flexibility index (Phi) is 6.00. The molecule has 3 rings (SSSR count). The van der Waals surface area contributed by atoms with Crippen LogP contribution in [0.3, 0.4) is 0 Å². The monoisotopic (exact) mass is 467 g/mol. The van der Waals surface area contributed by atoms with Gasteiger partial charge in [-0.3, -0.25) is 0 Å². The summed E-state index contributed by atoms with van der Waals surface area (Å²) >= 11 is 0. The van der Waals surface area contributed by atoms with E-state index in [4.69, 9.17) is 0 Å². The number of hydrogen-bond donors (Lipinski definition) is 0. The predicted molar refractivity (Wildman–Crippen MR) is 77.1 cm³/mol. The molecule has 31 heavy (non-hydrogen) atoms. The van der Waals surface area contributed by atoms with Crippen molar-refractivity contribution in [3.63, 3.8) is 0 Å². The van der Waals surface area contributed by atoms with Gasteiger partial charge in [-0.2, -0.15) is 48.5 Å². The number of hydrogen-bond acceptors (Lipinski definition) is 2. The van der Waals surface area contributed by atoms with E-state index < -0.39 is 35.7 Å². The van der Waals surface area contributed by atoms with Crippen LogP contribution in [-0.4, -0.2) is 24.0 Å². The Morgan fingerprint density at radius 3 is 1.94 bits per heavy atom. The summed E-state index contributed by atoms with van der Waals surface area (Å²) in [6, 6.07) is 6.73. The molecule has 1 aromatic carbocycles. The molecule has 0 saturated heterocycles. The summed E-state index contributed by atoms with van der Waals surface area (Å²) in [5.74, 6) is -17.1. The van der Waals surface area contributed by atoms with Gasteiger partial charge in [-0.1, -0.05) is 0 Å². The standard InChI is InChI=1S/C13H8F4N.C4HF7O2/c14-10-2-3-11-8(5-10)6-18-7-9(13(15,16)17)1-4-12(11)18;5-2(6,1(12)13)3(7,8)4(9,10)11/h1-5,7H,6H2;(H,12,13)/q+1;/p-1. The molecule has 0 bridgehead atoms. The van der Waals surface area contributed by atoms with Gasteiger partial charge in [0, 0.05) is 11.6 Å². The van der Waals surface area contributed by atoms with E-state index >= 15 is 0 Å². The fraction of sp³-hybridized carbons (Fsp3) is 0.294. The van der Waals surface area contributed by atoms with Gasteiger partial charge in [0.2, 0.25) is 5.69 Å². The molecule has 0 radical (unpaired) electrons. The van der Waals surface area contributed by atoms with Crippen LogP contribution >= 0.6 is 0 Å². The number of benzene rings is 1. The lowest BCUT2D eigenvalue weighted by molar-refractivity contribution is -0.673. The highest BCUT2D eigenvalue weighted by molar-refractivity contribution is 5.74. The third-order valence-electron chi connectivity index (χ3n) is 4.04. The minimum atomic E-state index is -6.64. The van der Waals surface area contributed by atoms with E-state index in [9.17, 15) is 58.2 Å². The minimum absolute atomic E-state index is 0.270. The predicted octanol–water partition coefficient (Wildman–Crippen LogP) is 3.73. The van der Waals surface area contributed by atoms with Crippen LogP contribution in [0.25, 0.3) is 11.3 Å². The molecule has 0 saturated carbocycles. The van der Waals surface area contributed by atoms with Crippen molar-refractivity contribution in [3.8, 4) is 11.3 Å². The number of nitrogens with zero attached hydrogens (tertiary/aromatic N) is 1. The molecule has 2 aromatic rings. The number of carboxylic acids is 1. The Morgan fingerprint density at radius 2 is 1.48 bits per heavy atom. The van der Waals surface area contributed by atoms with Crippen molar-refractivity contribution in [2.45, 2.75) is 30.7 Å². The molecular weight excluding hydrogens is 459 g/mol. The molecule has 170 valence electrons. The van der Waals surface area contributed by atoms with Crippen LogP contribution in [0.5, 0.6) is 0 Å². The van der Waals surface area contributed by atoms with Crippen molar-refractivity contribution >= 4 is 5.97 Å². The third-order valence-corrected chi connectivity index (χ3v) is 4.04. The summed E-state index contributed by atoms with van der Waals surface area (Å²) in [7, 11) is 0. The Bertz CT molecular complexity index is 997. The number of carboxylic acid groups (broad SMARTS) is 1. The molecule has 14 heteroatoms. The van der Waals surface area contributed by atoms with Gasteiger partial charge in [0.15, 0.2) is 12.7 Å². The topological polar surface area (TPSA) is 44.0 Å². The largest absolute Gasteiger partial charge is 0.544 e. The molecule has 0 aliphatic carbocycles. The van der Waals surface area contributed by atoms with Gasteiger partial charge in [-0.05, 0) is 24.3 Å². The first kappa shape index (κ1) is 24.3. The Labute approximate surface area is 165 Å². The highest BCUT2D eigenvalue weighted by Gasteiger charge is 2.73. The van der Waals surface area contributed by atoms with E-state index in [1.165, 1.54) is 22.8 Å². The highest BCUT2D eigenvalue weighted by Crippen LogP contribution is 2.46. The summed E-state index contributed by atoms with van der Waals surface area (Å²) in [5, 5.41) is 9.27. The molecule has 1 aromatic heterocycles. The number of pyridine rings is 1. The summed E-state index contributed by atoms with van der Waals surface area (Å²) in [6.07, 6.45) is -9.94. The first-order valence-corrected chi connectivity index (χ1v) is 7.83. The van der Waals surface area contributed by atoms with E-state index in [1.54, 1.807) is 6.07 Å². The number of carbonyl (C=O) groups is 1. The van der Waals surface area contributed by atoms with Crippen LogP contribution in [0.15, 0.2) is 36.5 Å². The number of alkyl halides is 10. The first-order chi connectivity index (χ1) is 13.9. The molecule has 1 aliphatic rings. The average Bonchev–Trinajstić information content (AvgIpc) is 2.96. The fourth-order valence-electron chi connectivity index (χ4n) is 2.52. The van der Waals surface area contributed by atoms with Crippen LogP contribution in [-0.2, 0) is 17.5 Å². The van der Waals surface area contributed by atoms with E-state index in [-0.39, 0.29) is 12.4 Å². The Hall–Kier alpha value is -2.93. The molecule has 0 atom stereocenters. The number of fused-ring (bicyclic) bond motifs is 3. The van der Waals surface area contributed by atoms with Crippen LogP contribution < -0.4 is 9.67 Å². The lowest BCUT2D eigenvalue weighted by Gasteiger charge is -2.28. The maximum Gasteiger partial charge on any atom is 0.460 e. The zero-order chi connectivity index (χ0) is 24.0. The third kappa shape index (κ3) is 4.56. The lowest BCUT2D eigenvalue weighted by atomic mass is 10.1. The number of aliphatic carboxylic acids is 1. The molecule has 2 heterocycles. The van der Waals surface area contributed by atoms with Crippen molar-refractivity contribution in [2.75, 3.05) is 0 Å². The number of carbonyl (C=O) groups excluding carboxylic acids is 1. The second kappa shape index (κ2) is 7.64. The molecule has 0 amide bonds. The number of halogens is 11. The van der Waals surface area contributed by atoms with Crippen LogP contribution in [0.1, 0.15) is 11.1 Å². The van der Waals surface area contributed by atoms with Crippen molar-refractivity contribution in [1.29, 1.82) is 0 Å². The van der Waals surface area contributed by atoms with Crippen molar-refractivity contribution in [2.24, 2.45) is 0 Å². The van der Waals surface area contributed by atoms with E-state index in [2.05, 4.69) is 0 Å². The van der Waals surface area contributed by atoms with Gasteiger partial charge in [-0.25, -0.2) is 4.39 Å². The van der Waals surface area contributed by atoms with Gasteiger partial charge in [0.25, 0.3) is 0 Å². The average molecular weight is 467 g/mol. The zero-order valence-electron chi connectivity index (χ0n) is 14.6. The minimum Gasteiger partial charge on any atom is -0.544 e. The van der Waals surface area contributed by atoms with Crippen molar-refractivity contribution in [1.82, 2.24) is 0 Å². The van der Waals surface area contributed by atoms with E-state index in [1.807, 2.05) is 0 Å². The molecule has 0 fully saturated rings. The normalized spacial score (nSPS) is 13.8. The molecule has 0 unspecified atom stereocenters.